The van der Waals surface area contributed by atoms with Gasteiger partial charge in [-0.25, -0.2) is 9.97 Å². The van der Waals surface area contributed by atoms with Crippen molar-refractivity contribution in [2.24, 2.45) is 5.92 Å². The van der Waals surface area contributed by atoms with Crippen molar-refractivity contribution in [1.29, 1.82) is 0 Å². The Morgan fingerprint density at radius 3 is 2.59 bits per heavy atom. The molecule has 1 atom stereocenters. The number of anilines is 2. The van der Waals surface area contributed by atoms with Crippen LogP contribution in [0.1, 0.15) is 6.42 Å². The van der Waals surface area contributed by atoms with Gasteiger partial charge in [-0.1, -0.05) is 11.6 Å². The van der Waals surface area contributed by atoms with Gasteiger partial charge in [-0.2, -0.15) is 0 Å². The minimum absolute atomic E-state index is 0.0866. The van der Waals surface area contributed by atoms with Crippen LogP contribution < -0.4 is 10.2 Å². The molecule has 7 heteroatoms. The fraction of sp³-hybridized carbons (Fsp3) is 0.200. The minimum atomic E-state index is -0.424. The van der Waals surface area contributed by atoms with E-state index in [1.165, 1.54) is 0 Å². The number of halogens is 1. The fourth-order valence-corrected chi connectivity index (χ4v) is 2.46. The van der Waals surface area contributed by atoms with Gasteiger partial charge in [-0.3, -0.25) is 14.9 Å². The summed E-state index contributed by atoms with van der Waals surface area (Å²) in [6, 6.07) is 8.63. The largest absolute Gasteiger partial charge is 0.312 e. The van der Waals surface area contributed by atoms with Crippen molar-refractivity contribution in [3.8, 4) is 0 Å². The molecule has 0 aliphatic carbocycles. The number of benzene rings is 1. The van der Waals surface area contributed by atoms with Crippen molar-refractivity contribution in [3.05, 3.63) is 47.7 Å². The Morgan fingerprint density at radius 2 is 1.91 bits per heavy atom. The van der Waals surface area contributed by atoms with Gasteiger partial charge in [0, 0.05) is 36.1 Å². The molecule has 2 aromatic rings. The lowest BCUT2D eigenvalue weighted by atomic mass is 10.1. The van der Waals surface area contributed by atoms with E-state index in [4.69, 9.17) is 11.6 Å². The predicted octanol–water partition coefficient (Wildman–Crippen LogP) is 2.12. The molecule has 6 nitrogen and oxygen atoms in total. The third-order valence-corrected chi connectivity index (χ3v) is 3.69. The number of hydrogen-bond donors (Lipinski definition) is 1. The first-order valence-corrected chi connectivity index (χ1v) is 7.15. The van der Waals surface area contributed by atoms with Gasteiger partial charge in [-0.05, 0) is 30.3 Å². The molecular formula is C15H13ClN4O2. The van der Waals surface area contributed by atoms with Gasteiger partial charge in [0.2, 0.25) is 17.8 Å². The molecule has 2 amide bonds. The number of aromatic nitrogens is 2. The molecule has 22 heavy (non-hydrogen) atoms. The summed E-state index contributed by atoms with van der Waals surface area (Å²) in [5, 5.41) is 3.23. The van der Waals surface area contributed by atoms with Crippen LogP contribution in [0.2, 0.25) is 5.02 Å². The molecule has 0 spiro atoms. The summed E-state index contributed by atoms with van der Waals surface area (Å²) in [7, 11) is 0. The van der Waals surface area contributed by atoms with Crippen molar-refractivity contribution in [2.45, 2.75) is 6.42 Å². The first-order chi connectivity index (χ1) is 10.6. The van der Waals surface area contributed by atoms with E-state index in [2.05, 4.69) is 15.3 Å². The summed E-state index contributed by atoms with van der Waals surface area (Å²) in [6.45, 7) is 0.332. The van der Waals surface area contributed by atoms with Gasteiger partial charge in [-0.15, -0.1) is 0 Å². The van der Waals surface area contributed by atoms with Crippen LogP contribution in [0.5, 0.6) is 0 Å². The Hall–Kier alpha value is -2.47. The Labute approximate surface area is 132 Å². The van der Waals surface area contributed by atoms with Crippen LogP contribution in [0.15, 0.2) is 42.7 Å². The van der Waals surface area contributed by atoms with E-state index in [1.54, 1.807) is 47.6 Å². The van der Waals surface area contributed by atoms with E-state index >= 15 is 0 Å². The smallest absolute Gasteiger partial charge is 0.232 e. The number of hydrogen-bond acceptors (Lipinski definition) is 4. The summed E-state index contributed by atoms with van der Waals surface area (Å²) in [5.41, 5.74) is 0.737. The fourth-order valence-electron chi connectivity index (χ4n) is 2.33. The first-order valence-electron chi connectivity index (χ1n) is 6.77. The number of carbonyl (C=O) groups excluding carboxylic acids is 2. The predicted molar refractivity (Wildman–Crippen MR) is 82.6 cm³/mol. The normalized spacial score (nSPS) is 17.6. The molecule has 0 radical (unpaired) electrons. The van der Waals surface area contributed by atoms with Crippen molar-refractivity contribution in [3.63, 3.8) is 0 Å². The molecule has 1 aromatic carbocycles. The molecule has 1 aliphatic rings. The molecular weight excluding hydrogens is 304 g/mol. The average Bonchev–Trinajstić information content (AvgIpc) is 2.91. The maximum atomic E-state index is 12.2. The molecule has 0 saturated carbocycles. The van der Waals surface area contributed by atoms with Gasteiger partial charge in [0.05, 0.1) is 5.92 Å². The third-order valence-electron chi connectivity index (χ3n) is 3.43. The van der Waals surface area contributed by atoms with Crippen LogP contribution in [0.4, 0.5) is 11.6 Å². The van der Waals surface area contributed by atoms with E-state index < -0.39 is 5.92 Å². The van der Waals surface area contributed by atoms with E-state index in [0.29, 0.717) is 11.6 Å². The lowest BCUT2D eigenvalue weighted by Crippen LogP contribution is -2.28. The zero-order valence-corrected chi connectivity index (χ0v) is 12.3. The minimum Gasteiger partial charge on any atom is -0.312 e. The van der Waals surface area contributed by atoms with Gasteiger partial charge < -0.3 is 4.90 Å². The van der Waals surface area contributed by atoms with Crippen LogP contribution in [0.25, 0.3) is 0 Å². The SMILES string of the molecule is O=C(Nc1ncccn1)[C@H]1CC(=O)N(c2ccc(Cl)cc2)C1. The molecule has 1 aromatic heterocycles. The lowest BCUT2D eigenvalue weighted by molar-refractivity contribution is -0.122. The molecule has 0 unspecified atom stereocenters. The highest BCUT2D eigenvalue weighted by Gasteiger charge is 2.35. The third kappa shape index (κ3) is 3.07. The van der Waals surface area contributed by atoms with E-state index in [-0.39, 0.29) is 24.2 Å². The zero-order chi connectivity index (χ0) is 15.5. The summed E-state index contributed by atoms with van der Waals surface area (Å²) in [5.74, 6) is -0.524. The number of carbonyl (C=O) groups is 2. The van der Waals surface area contributed by atoms with Crippen molar-refractivity contribution in [2.75, 3.05) is 16.8 Å². The summed E-state index contributed by atoms with van der Waals surface area (Å²) in [4.78, 5) is 33.8. The van der Waals surface area contributed by atoms with Crippen molar-refractivity contribution >= 4 is 35.1 Å². The lowest BCUT2D eigenvalue weighted by Gasteiger charge is -2.16. The Morgan fingerprint density at radius 1 is 1.23 bits per heavy atom. The Balaban J connectivity index is 1.69. The van der Waals surface area contributed by atoms with Gasteiger partial charge in [0.15, 0.2) is 0 Å². The summed E-state index contributed by atoms with van der Waals surface area (Å²) in [6.07, 6.45) is 3.26. The van der Waals surface area contributed by atoms with Crippen LogP contribution in [-0.2, 0) is 9.59 Å². The molecule has 1 N–H and O–H groups in total. The number of rotatable bonds is 3. The van der Waals surface area contributed by atoms with Gasteiger partial charge >= 0.3 is 0 Å². The first kappa shape index (κ1) is 14.5. The Kier molecular flexibility index (Phi) is 4.02. The molecule has 1 aliphatic heterocycles. The highest BCUT2D eigenvalue weighted by Crippen LogP contribution is 2.26. The number of nitrogens with zero attached hydrogens (tertiary/aromatic N) is 3. The second kappa shape index (κ2) is 6.11. The second-order valence-corrected chi connectivity index (χ2v) is 5.38. The van der Waals surface area contributed by atoms with Crippen LogP contribution in [0, 0.1) is 5.92 Å². The van der Waals surface area contributed by atoms with Crippen LogP contribution >= 0.6 is 11.6 Å². The highest BCUT2D eigenvalue weighted by atomic mass is 35.5. The molecule has 2 heterocycles. The average molecular weight is 317 g/mol. The maximum Gasteiger partial charge on any atom is 0.232 e. The van der Waals surface area contributed by atoms with Crippen LogP contribution in [-0.4, -0.2) is 28.3 Å². The highest BCUT2D eigenvalue weighted by molar-refractivity contribution is 6.30. The zero-order valence-electron chi connectivity index (χ0n) is 11.6. The topological polar surface area (TPSA) is 75.2 Å². The van der Waals surface area contributed by atoms with E-state index in [1.807, 2.05) is 0 Å². The standard InChI is InChI=1S/C15H13ClN4O2/c16-11-2-4-12(5-3-11)20-9-10(8-13(20)21)14(22)19-15-17-6-1-7-18-15/h1-7,10H,8-9H2,(H,17,18,19,22)/t10-/m0/s1. The van der Waals surface area contributed by atoms with Crippen LogP contribution in [0.3, 0.4) is 0 Å². The molecule has 1 saturated heterocycles. The summed E-state index contributed by atoms with van der Waals surface area (Å²) < 4.78 is 0. The molecule has 0 bridgehead atoms. The monoisotopic (exact) mass is 316 g/mol. The van der Waals surface area contributed by atoms with Crippen molar-refractivity contribution in [1.82, 2.24) is 9.97 Å². The quantitative estimate of drug-likeness (QED) is 0.941. The van der Waals surface area contributed by atoms with Crippen molar-refractivity contribution < 1.29 is 9.59 Å². The van der Waals surface area contributed by atoms with Gasteiger partial charge in [0.1, 0.15) is 0 Å². The maximum absolute atomic E-state index is 12.2. The number of amides is 2. The second-order valence-electron chi connectivity index (χ2n) is 4.94. The summed E-state index contributed by atoms with van der Waals surface area (Å²) >= 11 is 5.84. The molecule has 1 fully saturated rings. The number of nitrogens with one attached hydrogen (secondary N) is 1. The molecule has 112 valence electrons. The van der Waals surface area contributed by atoms with Gasteiger partial charge in [0.25, 0.3) is 0 Å². The van der Waals surface area contributed by atoms with E-state index in [0.717, 1.165) is 5.69 Å². The van der Waals surface area contributed by atoms with E-state index in [9.17, 15) is 9.59 Å². The Bertz CT molecular complexity index is 690. The molecule has 3 rings (SSSR count).